The van der Waals surface area contributed by atoms with Crippen molar-refractivity contribution in [2.75, 3.05) is 6.61 Å². The summed E-state index contributed by atoms with van der Waals surface area (Å²) in [5, 5.41) is 4.38. The Bertz CT molecular complexity index is 944. The highest BCUT2D eigenvalue weighted by Gasteiger charge is 2.05. The zero-order valence-corrected chi connectivity index (χ0v) is 16.6. The van der Waals surface area contributed by atoms with Crippen LogP contribution < -0.4 is 10.2 Å². The van der Waals surface area contributed by atoms with Crippen molar-refractivity contribution in [1.29, 1.82) is 0 Å². The number of hydrazone groups is 1. The fourth-order valence-electron chi connectivity index (χ4n) is 2.34. The lowest BCUT2D eigenvalue weighted by Gasteiger charge is -2.07. The number of rotatable bonds is 6. The lowest BCUT2D eigenvalue weighted by atomic mass is 10.0. The lowest BCUT2D eigenvalue weighted by Crippen LogP contribution is -2.24. The molecule has 0 radical (unpaired) electrons. The number of ether oxygens (including phenoxy) is 1. The van der Waals surface area contributed by atoms with E-state index in [0.29, 0.717) is 10.8 Å². The van der Waals surface area contributed by atoms with Crippen LogP contribution in [-0.4, -0.2) is 18.7 Å². The summed E-state index contributed by atoms with van der Waals surface area (Å²) >= 11 is 9.35. The van der Waals surface area contributed by atoms with Gasteiger partial charge in [-0.3, -0.25) is 4.79 Å². The number of halogens is 2. The number of hydrogen-bond acceptors (Lipinski definition) is 3. The van der Waals surface area contributed by atoms with E-state index in [1.54, 1.807) is 24.4 Å². The summed E-state index contributed by atoms with van der Waals surface area (Å²) < 4.78 is 6.22. The summed E-state index contributed by atoms with van der Waals surface area (Å²) in [4.78, 5) is 11.8. The molecular formula is C21H16BrClN2O2. The van der Waals surface area contributed by atoms with Crippen LogP contribution in [0.1, 0.15) is 5.56 Å². The average Bonchev–Trinajstić information content (AvgIpc) is 2.68. The summed E-state index contributed by atoms with van der Waals surface area (Å²) in [5.74, 6) is 0.0710. The van der Waals surface area contributed by atoms with Gasteiger partial charge in [-0.25, -0.2) is 5.43 Å². The second-order valence-electron chi connectivity index (χ2n) is 5.64. The Kier molecular flexibility index (Phi) is 6.63. The molecule has 0 fully saturated rings. The second kappa shape index (κ2) is 9.35. The highest BCUT2D eigenvalue weighted by atomic mass is 79.9. The number of benzene rings is 3. The minimum Gasteiger partial charge on any atom is -0.482 e. The quantitative estimate of drug-likeness (QED) is 0.415. The molecule has 3 aromatic carbocycles. The highest BCUT2D eigenvalue weighted by molar-refractivity contribution is 9.10. The van der Waals surface area contributed by atoms with Crippen molar-refractivity contribution in [1.82, 2.24) is 5.43 Å². The van der Waals surface area contributed by atoms with E-state index in [-0.39, 0.29) is 12.5 Å². The maximum absolute atomic E-state index is 11.8. The van der Waals surface area contributed by atoms with Crippen LogP contribution in [0.2, 0.25) is 5.02 Å². The van der Waals surface area contributed by atoms with Gasteiger partial charge >= 0.3 is 0 Å². The van der Waals surface area contributed by atoms with E-state index in [4.69, 9.17) is 16.3 Å². The Morgan fingerprint density at radius 2 is 1.74 bits per heavy atom. The Morgan fingerprint density at radius 1 is 1.04 bits per heavy atom. The minimum absolute atomic E-state index is 0.175. The minimum atomic E-state index is -0.369. The fourth-order valence-corrected chi connectivity index (χ4v) is 3.07. The highest BCUT2D eigenvalue weighted by Crippen LogP contribution is 2.27. The largest absolute Gasteiger partial charge is 0.482 e. The van der Waals surface area contributed by atoms with E-state index in [2.05, 4.69) is 38.6 Å². The third kappa shape index (κ3) is 5.67. The summed E-state index contributed by atoms with van der Waals surface area (Å²) in [6.45, 7) is -0.175. The molecule has 1 amide bonds. The van der Waals surface area contributed by atoms with E-state index in [0.717, 1.165) is 21.2 Å². The summed E-state index contributed by atoms with van der Waals surface area (Å²) in [6.07, 6.45) is 1.58. The standard InChI is InChI=1S/C21H16BrClN2O2/c22-18-10-11-20(19(23)12-18)27-14-21(26)25-24-13-15-6-8-17(9-7-15)16-4-2-1-3-5-16/h1-13H,14H2,(H,25,26)/b24-13+. The van der Waals surface area contributed by atoms with Gasteiger partial charge in [0.1, 0.15) is 5.75 Å². The molecule has 0 aliphatic carbocycles. The number of amides is 1. The number of carbonyl (C=O) groups is 1. The summed E-state index contributed by atoms with van der Waals surface area (Å²) in [7, 11) is 0. The van der Waals surface area contributed by atoms with Crippen LogP contribution in [-0.2, 0) is 4.79 Å². The van der Waals surface area contributed by atoms with E-state index in [9.17, 15) is 4.79 Å². The van der Waals surface area contributed by atoms with Crippen LogP contribution >= 0.6 is 27.5 Å². The molecule has 6 heteroatoms. The van der Waals surface area contributed by atoms with Crippen LogP contribution in [0.3, 0.4) is 0 Å². The Balaban J connectivity index is 1.50. The third-order valence-corrected chi connectivity index (χ3v) is 4.46. The molecule has 0 spiro atoms. The number of carbonyl (C=O) groups excluding carboxylic acids is 1. The first-order chi connectivity index (χ1) is 13.1. The Hall–Kier alpha value is -2.63. The molecule has 0 saturated carbocycles. The SMILES string of the molecule is O=C(COc1ccc(Br)cc1Cl)N/N=C/c1ccc(-c2ccccc2)cc1. The number of nitrogens with one attached hydrogen (secondary N) is 1. The van der Waals surface area contributed by atoms with E-state index in [1.807, 2.05) is 42.5 Å². The van der Waals surface area contributed by atoms with Crippen molar-refractivity contribution in [2.45, 2.75) is 0 Å². The Labute approximate surface area is 171 Å². The molecule has 27 heavy (non-hydrogen) atoms. The number of hydrogen-bond donors (Lipinski definition) is 1. The molecule has 0 aromatic heterocycles. The van der Waals surface area contributed by atoms with Crippen LogP contribution in [0.4, 0.5) is 0 Å². The van der Waals surface area contributed by atoms with Gasteiger partial charge in [-0.15, -0.1) is 0 Å². The maximum Gasteiger partial charge on any atom is 0.277 e. The first-order valence-corrected chi connectivity index (χ1v) is 9.34. The summed E-state index contributed by atoms with van der Waals surface area (Å²) in [5.41, 5.74) is 5.59. The Morgan fingerprint density at radius 3 is 2.44 bits per heavy atom. The van der Waals surface area contributed by atoms with Crippen LogP contribution in [0.15, 0.2) is 82.4 Å². The molecule has 0 unspecified atom stereocenters. The van der Waals surface area contributed by atoms with Crippen molar-refractivity contribution >= 4 is 39.7 Å². The topological polar surface area (TPSA) is 50.7 Å². The predicted octanol–water partition coefficient (Wildman–Crippen LogP) is 5.30. The van der Waals surface area contributed by atoms with Gasteiger partial charge in [-0.05, 0) is 34.9 Å². The molecule has 4 nitrogen and oxygen atoms in total. The molecule has 1 N–H and O–H groups in total. The second-order valence-corrected chi connectivity index (χ2v) is 6.97. The lowest BCUT2D eigenvalue weighted by molar-refractivity contribution is -0.123. The van der Waals surface area contributed by atoms with Crippen molar-refractivity contribution in [3.63, 3.8) is 0 Å². The summed E-state index contributed by atoms with van der Waals surface area (Å²) in [6, 6.07) is 23.2. The zero-order valence-electron chi connectivity index (χ0n) is 14.2. The maximum atomic E-state index is 11.8. The first kappa shape index (κ1) is 19.1. The van der Waals surface area contributed by atoms with Crippen LogP contribution in [0, 0.1) is 0 Å². The molecule has 136 valence electrons. The van der Waals surface area contributed by atoms with Gasteiger partial charge in [0.2, 0.25) is 0 Å². The van der Waals surface area contributed by atoms with Gasteiger partial charge in [0.25, 0.3) is 5.91 Å². The molecule has 3 rings (SSSR count). The van der Waals surface area contributed by atoms with E-state index < -0.39 is 0 Å². The molecule has 0 saturated heterocycles. The zero-order chi connectivity index (χ0) is 19.1. The van der Waals surface area contributed by atoms with Crippen molar-refractivity contribution in [2.24, 2.45) is 5.10 Å². The monoisotopic (exact) mass is 442 g/mol. The molecule has 0 aliphatic rings. The molecular weight excluding hydrogens is 428 g/mol. The van der Waals surface area contributed by atoms with Crippen molar-refractivity contribution in [3.05, 3.63) is 87.9 Å². The normalized spacial score (nSPS) is 10.7. The van der Waals surface area contributed by atoms with Gasteiger partial charge in [-0.2, -0.15) is 5.10 Å². The van der Waals surface area contributed by atoms with Gasteiger partial charge in [-0.1, -0.05) is 82.1 Å². The average molecular weight is 444 g/mol. The first-order valence-electron chi connectivity index (χ1n) is 8.17. The van der Waals surface area contributed by atoms with Crippen LogP contribution in [0.5, 0.6) is 5.75 Å². The van der Waals surface area contributed by atoms with Gasteiger partial charge < -0.3 is 4.74 Å². The van der Waals surface area contributed by atoms with Crippen molar-refractivity contribution in [3.8, 4) is 16.9 Å². The van der Waals surface area contributed by atoms with E-state index >= 15 is 0 Å². The third-order valence-electron chi connectivity index (χ3n) is 3.67. The van der Waals surface area contributed by atoms with E-state index in [1.165, 1.54) is 0 Å². The molecule has 0 heterocycles. The molecule has 0 aliphatic heterocycles. The molecule has 3 aromatic rings. The number of nitrogens with zero attached hydrogens (tertiary/aromatic N) is 1. The molecule has 0 bridgehead atoms. The molecule has 0 atom stereocenters. The van der Waals surface area contributed by atoms with Gasteiger partial charge in [0.05, 0.1) is 11.2 Å². The predicted molar refractivity (Wildman–Crippen MR) is 112 cm³/mol. The smallest absolute Gasteiger partial charge is 0.277 e. The van der Waals surface area contributed by atoms with Gasteiger partial charge in [0.15, 0.2) is 6.61 Å². The van der Waals surface area contributed by atoms with Gasteiger partial charge in [0, 0.05) is 4.47 Å². The van der Waals surface area contributed by atoms with Crippen molar-refractivity contribution < 1.29 is 9.53 Å². The van der Waals surface area contributed by atoms with Crippen LogP contribution in [0.25, 0.3) is 11.1 Å². The fraction of sp³-hybridized carbons (Fsp3) is 0.0476.